The molecule has 34 heavy (non-hydrogen) atoms. The van der Waals surface area contributed by atoms with Crippen LogP contribution in [0.15, 0.2) is 72.8 Å². The molecule has 5 heteroatoms. The van der Waals surface area contributed by atoms with E-state index in [0.29, 0.717) is 0 Å². The molecule has 1 aliphatic rings. The number of anilines is 2. The van der Waals surface area contributed by atoms with E-state index in [1.54, 1.807) is 0 Å². The molecule has 0 saturated carbocycles. The number of benzene rings is 4. The third-order valence-electron chi connectivity index (χ3n) is 7.21. The van der Waals surface area contributed by atoms with E-state index < -0.39 is 7.41 Å². The van der Waals surface area contributed by atoms with E-state index in [2.05, 4.69) is 122 Å². The smallest absolute Gasteiger partial charge is 0.145 e. The molecule has 1 heterocycles. The quantitative estimate of drug-likeness (QED) is 0.382. The van der Waals surface area contributed by atoms with E-state index in [1.165, 1.54) is 43.5 Å². The van der Waals surface area contributed by atoms with Gasteiger partial charge in [0.15, 0.2) is 0 Å². The van der Waals surface area contributed by atoms with Crippen molar-refractivity contribution < 1.29 is 4.74 Å². The van der Waals surface area contributed by atoms with Gasteiger partial charge in [0, 0.05) is 39.6 Å². The first kappa shape index (κ1) is 23.1. The molecule has 176 valence electrons. The van der Waals surface area contributed by atoms with E-state index in [-0.39, 0.29) is 0 Å². The normalized spacial score (nSPS) is 15.1. The molecule has 1 saturated heterocycles. The van der Waals surface area contributed by atoms with E-state index in [1.807, 2.05) is 0 Å². The molecule has 1 aliphatic heterocycles. The highest BCUT2D eigenvalue weighted by Gasteiger charge is 2.45. The van der Waals surface area contributed by atoms with Gasteiger partial charge in [-0.3, -0.25) is 0 Å². The van der Waals surface area contributed by atoms with Crippen LogP contribution in [0, 0.1) is 0 Å². The fourth-order valence-corrected chi connectivity index (χ4v) is 8.40. The largest absolute Gasteiger partial charge is 0.379 e. The second-order valence-electron chi connectivity index (χ2n) is 9.75. The highest BCUT2D eigenvalue weighted by Crippen LogP contribution is 2.57. The Kier molecular flexibility index (Phi) is 6.24. The summed E-state index contributed by atoms with van der Waals surface area (Å²) in [4.78, 5) is 4.35. The predicted molar refractivity (Wildman–Crippen MR) is 151 cm³/mol. The van der Waals surface area contributed by atoms with Crippen LogP contribution >= 0.6 is 7.41 Å². The minimum absolute atomic E-state index is 0.798. The standard InChI is InChI=1S/C29H35N3OP/c1-30(2)26-10-6-22-8-12-28(20-24(22)18-26)34(5,32-14-16-33-17-15-32)29-13-9-23-7-11-27(31(3)4)19-25(23)21-29/h6-13,18-21H,14-17H2,1-5H3/q+1. The average Bonchev–Trinajstić information content (AvgIpc) is 2.87. The Morgan fingerprint density at radius 3 is 1.50 bits per heavy atom. The second-order valence-corrected chi connectivity index (χ2v) is 13.3. The molecular weight excluding hydrogens is 437 g/mol. The van der Waals surface area contributed by atoms with Gasteiger partial charge in [-0.2, -0.15) is 4.67 Å². The van der Waals surface area contributed by atoms with Crippen molar-refractivity contribution in [2.75, 3.05) is 71.0 Å². The Bertz CT molecular complexity index is 1240. The van der Waals surface area contributed by atoms with Crippen molar-refractivity contribution >= 4 is 50.9 Å². The maximum Gasteiger partial charge on any atom is 0.145 e. The molecule has 0 atom stereocenters. The third-order valence-corrected chi connectivity index (χ3v) is 11.3. The van der Waals surface area contributed by atoms with E-state index in [9.17, 15) is 0 Å². The molecule has 0 unspecified atom stereocenters. The van der Waals surface area contributed by atoms with Gasteiger partial charge in [0.1, 0.15) is 18.0 Å². The molecule has 5 rings (SSSR count). The zero-order valence-electron chi connectivity index (χ0n) is 21.0. The van der Waals surface area contributed by atoms with E-state index in [4.69, 9.17) is 4.74 Å². The lowest BCUT2D eigenvalue weighted by atomic mass is 10.1. The van der Waals surface area contributed by atoms with Crippen LogP contribution in [-0.4, -0.2) is 65.8 Å². The Labute approximate surface area is 204 Å². The van der Waals surface area contributed by atoms with Crippen LogP contribution in [0.5, 0.6) is 0 Å². The topological polar surface area (TPSA) is 19.0 Å². The van der Waals surface area contributed by atoms with Gasteiger partial charge in [0.25, 0.3) is 0 Å². The summed E-state index contributed by atoms with van der Waals surface area (Å²) in [6.07, 6.45) is 0. The molecule has 0 amide bonds. The highest BCUT2D eigenvalue weighted by molar-refractivity contribution is 7.86. The lowest BCUT2D eigenvalue weighted by molar-refractivity contribution is 0.0746. The zero-order chi connectivity index (χ0) is 23.9. The molecule has 1 fully saturated rings. The van der Waals surface area contributed by atoms with Crippen LogP contribution in [-0.2, 0) is 4.74 Å². The van der Waals surface area contributed by atoms with Crippen LogP contribution in [0.4, 0.5) is 11.4 Å². The lowest BCUT2D eigenvalue weighted by Crippen LogP contribution is -2.43. The first-order valence-electron chi connectivity index (χ1n) is 12.0. The van der Waals surface area contributed by atoms with Gasteiger partial charge < -0.3 is 14.5 Å². The molecule has 4 nitrogen and oxygen atoms in total. The van der Waals surface area contributed by atoms with Crippen molar-refractivity contribution in [2.24, 2.45) is 0 Å². The summed E-state index contributed by atoms with van der Waals surface area (Å²) in [5.74, 6) is 0. The summed E-state index contributed by atoms with van der Waals surface area (Å²) < 4.78 is 8.46. The monoisotopic (exact) mass is 472 g/mol. The molecule has 4 aromatic carbocycles. The first-order valence-corrected chi connectivity index (χ1v) is 14.2. The summed E-state index contributed by atoms with van der Waals surface area (Å²) in [7, 11) is 6.61. The summed E-state index contributed by atoms with van der Waals surface area (Å²) >= 11 is 0. The molecule has 0 aliphatic carbocycles. The van der Waals surface area contributed by atoms with Crippen molar-refractivity contribution in [1.29, 1.82) is 0 Å². The van der Waals surface area contributed by atoms with Gasteiger partial charge in [0.2, 0.25) is 0 Å². The minimum Gasteiger partial charge on any atom is -0.379 e. The van der Waals surface area contributed by atoms with Gasteiger partial charge in [-0.05, 0) is 70.1 Å². The zero-order valence-corrected chi connectivity index (χ0v) is 21.8. The van der Waals surface area contributed by atoms with Gasteiger partial charge in [-0.25, -0.2) is 0 Å². The molecule has 0 N–H and O–H groups in total. The Morgan fingerprint density at radius 1 is 0.618 bits per heavy atom. The summed E-state index contributed by atoms with van der Waals surface area (Å²) in [6.45, 7) is 6.02. The van der Waals surface area contributed by atoms with Crippen LogP contribution in [0.1, 0.15) is 0 Å². The number of hydrogen-bond donors (Lipinski definition) is 0. The van der Waals surface area contributed by atoms with Crippen molar-refractivity contribution in [2.45, 2.75) is 0 Å². The lowest BCUT2D eigenvalue weighted by Gasteiger charge is -2.36. The maximum atomic E-state index is 5.76. The van der Waals surface area contributed by atoms with Crippen LogP contribution in [0.25, 0.3) is 21.5 Å². The van der Waals surface area contributed by atoms with Gasteiger partial charge in [0.05, 0.1) is 33.0 Å². The number of rotatable bonds is 5. The summed E-state index contributed by atoms with van der Waals surface area (Å²) in [5.41, 5.74) is 2.47. The molecular formula is C29H35N3OP+. The van der Waals surface area contributed by atoms with Crippen molar-refractivity contribution in [1.82, 2.24) is 4.67 Å². The minimum atomic E-state index is -1.81. The number of fused-ring (bicyclic) bond motifs is 2. The molecule has 0 aromatic heterocycles. The number of ether oxygens (including phenoxy) is 1. The first-order chi connectivity index (χ1) is 16.4. The van der Waals surface area contributed by atoms with Gasteiger partial charge in [-0.15, -0.1) is 0 Å². The fourth-order valence-electron chi connectivity index (χ4n) is 4.97. The maximum absolute atomic E-state index is 5.76. The predicted octanol–water partition coefficient (Wildman–Crippen LogP) is 4.97. The van der Waals surface area contributed by atoms with Crippen LogP contribution in [0.2, 0.25) is 0 Å². The Balaban J connectivity index is 1.69. The SMILES string of the molecule is CN(C)c1ccc2ccc([P+](C)(c3ccc4ccc(N(C)C)cc4c3)N3CCOCC3)cc2c1. The Hall–Kier alpha value is -2.65. The Morgan fingerprint density at radius 2 is 1.06 bits per heavy atom. The molecule has 0 spiro atoms. The van der Waals surface area contributed by atoms with Crippen molar-refractivity contribution in [3.63, 3.8) is 0 Å². The van der Waals surface area contributed by atoms with E-state index in [0.717, 1.165) is 26.3 Å². The van der Waals surface area contributed by atoms with Gasteiger partial charge >= 0.3 is 0 Å². The van der Waals surface area contributed by atoms with Crippen LogP contribution < -0.4 is 20.4 Å². The van der Waals surface area contributed by atoms with E-state index >= 15 is 0 Å². The van der Waals surface area contributed by atoms with Crippen LogP contribution in [0.3, 0.4) is 0 Å². The summed E-state index contributed by atoms with van der Waals surface area (Å²) in [5, 5.41) is 8.05. The highest BCUT2D eigenvalue weighted by atomic mass is 31.2. The van der Waals surface area contributed by atoms with Crippen molar-refractivity contribution in [3.8, 4) is 0 Å². The molecule has 0 radical (unpaired) electrons. The molecule has 4 aromatic rings. The van der Waals surface area contributed by atoms with Crippen molar-refractivity contribution in [3.05, 3.63) is 72.8 Å². The number of morpholine rings is 1. The van der Waals surface area contributed by atoms with Gasteiger partial charge in [-0.1, -0.05) is 24.3 Å². The number of hydrogen-bond acceptors (Lipinski definition) is 4. The third kappa shape index (κ3) is 4.15. The average molecular weight is 473 g/mol. The fraction of sp³-hybridized carbons (Fsp3) is 0.310. The molecule has 0 bridgehead atoms. The summed E-state index contributed by atoms with van der Waals surface area (Å²) in [6, 6.07) is 27.7. The number of nitrogens with zero attached hydrogens (tertiary/aromatic N) is 3. The second kappa shape index (κ2) is 9.19.